The number of nitrogens with zero attached hydrogens (tertiary/aromatic N) is 3. The summed E-state index contributed by atoms with van der Waals surface area (Å²) in [6.45, 7) is 1.99. The van der Waals surface area contributed by atoms with E-state index >= 15 is 0 Å². The summed E-state index contributed by atoms with van der Waals surface area (Å²) >= 11 is 0. The van der Waals surface area contributed by atoms with Gasteiger partial charge in [-0.25, -0.2) is 18.0 Å². The number of methoxy groups -OCH3 is 1. The van der Waals surface area contributed by atoms with Crippen LogP contribution in [0.3, 0.4) is 0 Å². The predicted octanol–water partition coefficient (Wildman–Crippen LogP) is 4.13. The zero-order valence-corrected chi connectivity index (χ0v) is 19.7. The molecule has 0 saturated carbocycles. The van der Waals surface area contributed by atoms with Crippen LogP contribution >= 0.6 is 0 Å². The average molecular weight is 482 g/mol. The first-order chi connectivity index (χ1) is 16.2. The first kappa shape index (κ1) is 23.2. The van der Waals surface area contributed by atoms with Crippen LogP contribution < -0.4 is 14.5 Å². The highest BCUT2D eigenvalue weighted by Crippen LogP contribution is 2.39. The molecule has 9 nitrogen and oxygen atoms in total. The van der Waals surface area contributed by atoms with Crippen LogP contribution in [0.2, 0.25) is 0 Å². The van der Waals surface area contributed by atoms with E-state index < -0.39 is 22.0 Å². The number of hydrogen-bond donors (Lipinski definition) is 0. The Hall–Kier alpha value is -3.92. The van der Waals surface area contributed by atoms with Crippen molar-refractivity contribution in [3.05, 3.63) is 67.0 Å². The van der Waals surface area contributed by atoms with Gasteiger partial charge in [0.05, 0.1) is 42.2 Å². The molecule has 10 heteroatoms. The Balaban J connectivity index is 1.76. The molecular formula is C24H23N3O6S. The summed E-state index contributed by atoms with van der Waals surface area (Å²) in [5.74, 6) is 0.296. The first-order valence-electron chi connectivity index (χ1n) is 10.4. The fourth-order valence-corrected chi connectivity index (χ4v) is 4.44. The third-order valence-corrected chi connectivity index (χ3v) is 6.59. The second-order valence-electron chi connectivity index (χ2n) is 7.86. The van der Waals surface area contributed by atoms with E-state index in [9.17, 15) is 18.0 Å². The number of sulfone groups is 1. The van der Waals surface area contributed by atoms with Gasteiger partial charge in [0.25, 0.3) is 0 Å². The number of fused-ring (bicyclic) bond motifs is 1. The van der Waals surface area contributed by atoms with E-state index in [4.69, 9.17) is 9.47 Å². The van der Waals surface area contributed by atoms with Crippen LogP contribution in [0.25, 0.3) is 11.1 Å². The fourth-order valence-electron chi connectivity index (χ4n) is 3.81. The highest BCUT2D eigenvalue weighted by atomic mass is 32.2. The number of hydrogen-bond acceptors (Lipinski definition) is 7. The van der Waals surface area contributed by atoms with Crippen LogP contribution in [0.4, 0.5) is 21.0 Å². The third-order valence-electron chi connectivity index (χ3n) is 5.46. The van der Waals surface area contributed by atoms with E-state index in [0.717, 1.165) is 17.4 Å². The van der Waals surface area contributed by atoms with Gasteiger partial charge in [0.2, 0.25) is 0 Å². The number of carbonyl (C=O) groups excluding carboxylic acids is 2. The highest BCUT2D eigenvalue weighted by molar-refractivity contribution is 7.90. The molecular weight excluding hydrogens is 458 g/mol. The van der Waals surface area contributed by atoms with Gasteiger partial charge in [-0.15, -0.1) is 0 Å². The maximum absolute atomic E-state index is 13.1. The number of amides is 2. The number of ether oxygens (including phenoxy) is 2. The minimum Gasteiger partial charge on any atom is -0.452 e. The average Bonchev–Trinajstić information content (AvgIpc) is 2.83. The van der Waals surface area contributed by atoms with Crippen molar-refractivity contribution in [1.29, 1.82) is 0 Å². The van der Waals surface area contributed by atoms with Crippen LogP contribution in [-0.2, 0) is 14.6 Å². The van der Waals surface area contributed by atoms with Crippen LogP contribution in [0.5, 0.6) is 5.75 Å². The molecule has 1 aliphatic heterocycles. The maximum Gasteiger partial charge on any atom is 0.419 e. The minimum atomic E-state index is -3.32. The smallest absolute Gasteiger partial charge is 0.419 e. The SMILES string of the molecule is COC(=O)N1c2ccc(-c3ccc(S(C)(=O)=O)cc3)cc2N(C(=O)Oc2cccnc2)C[C@@H]1C. The van der Waals surface area contributed by atoms with Crippen molar-refractivity contribution in [1.82, 2.24) is 4.98 Å². The Bertz CT molecular complexity index is 1330. The molecule has 0 aliphatic carbocycles. The molecule has 4 rings (SSSR count). The van der Waals surface area contributed by atoms with Gasteiger partial charge >= 0.3 is 12.2 Å². The zero-order chi connectivity index (χ0) is 24.5. The maximum atomic E-state index is 13.1. The third kappa shape index (κ3) is 4.58. The lowest BCUT2D eigenvalue weighted by molar-refractivity contribution is 0.175. The summed E-state index contributed by atoms with van der Waals surface area (Å²) in [6, 6.07) is 14.6. The Morgan fingerprint density at radius 2 is 1.71 bits per heavy atom. The lowest BCUT2D eigenvalue weighted by Gasteiger charge is -2.39. The van der Waals surface area contributed by atoms with Gasteiger partial charge in [0.1, 0.15) is 0 Å². The summed E-state index contributed by atoms with van der Waals surface area (Å²) in [6.07, 6.45) is 3.00. The van der Waals surface area contributed by atoms with Crippen LogP contribution in [-0.4, -0.2) is 51.5 Å². The van der Waals surface area contributed by atoms with Gasteiger partial charge in [-0.3, -0.25) is 14.8 Å². The number of pyridine rings is 1. The molecule has 2 heterocycles. The summed E-state index contributed by atoms with van der Waals surface area (Å²) in [5.41, 5.74) is 2.43. The monoisotopic (exact) mass is 481 g/mol. The summed E-state index contributed by atoms with van der Waals surface area (Å²) in [7, 11) is -2.02. The lowest BCUT2D eigenvalue weighted by Crippen LogP contribution is -2.52. The van der Waals surface area contributed by atoms with Gasteiger partial charge < -0.3 is 9.47 Å². The first-order valence-corrected chi connectivity index (χ1v) is 12.3. The van der Waals surface area contributed by atoms with Gasteiger partial charge in [-0.05, 0) is 54.4 Å². The molecule has 1 atom stereocenters. The molecule has 0 spiro atoms. The molecule has 0 N–H and O–H groups in total. The molecule has 0 saturated heterocycles. The van der Waals surface area contributed by atoms with E-state index in [1.807, 2.05) is 6.92 Å². The number of aromatic nitrogens is 1. The molecule has 0 bridgehead atoms. The quantitative estimate of drug-likeness (QED) is 0.554. The molecule has 3 aromatic rings. The van der Waals surface area contributed by atoms with E-state index in [1.54, 1.807) is 48.7 Å². The predicted molar refractivity (Wildman–Crippen MR) is 127 cm³/mol. The minimum absolute atomic E-state index is 0.178. The number of anilines is 2. The molecule has 0 radical (unpaired) electrons. The Kier molecular flexibility index (Phi) is 6.25. The summed E-state index contributed by atoms with van der Waals surface area (Å²) in [5, 5.41) is 0. The second kappa shape index (κ2) is 9.14. The van der Waals surface area contributed by atoms with Crippen LogP contribution in [0.15, 0.2) is 71.9 Å². The normalized spacial score (nSPS) is 15.4. The van der Waals surface area contributed by atoms with Gasteiger partial charge in [0.15, 0.2) is 15.6 Å². The van der Waals surface area contributed by atoms with Crippen molar-refractivity contribution in [2.45, 2.75) is 17.9 Å². The molecule has 1 aromatic heterocycles. The van der Waals surface area contributed by atoms with E-state index in [1.165, 1.54) is 35.2 Å². The standard InChI is InChI=1S/C24H23N3O6S/c1-16-15-26(23(28)33-19-5-4-12-25-14-19)22-13-18(8-11-21(22)27(16)24(29)32-2)17-6-9-20(10-7-17)34(3,30)31/h4-14,16H,15H2,1-3H3/t16-/m0/s1. The van der Waals surface area contributed by atoms with Crippen molar-refractivity contribution in [2.75, 3.05) is 29.7 Å². The lowest BCUT2D eigenvalue weighted by atomic mass is 10.0. The Morgan fingerprint density at radius 1 is 1.00 bits per heavy atom. The van der Waals surface area contributed by atoms with E-state index in [2.05, 4.69) is 4.98 Å². The molecule has 34 heavy (non-hydrogen) atoms. The van der Waals surface area contributed by atoms with Crippen molar-refractivity contribution < 1.29 is 27.5 Å². The number of rotatable bonds is 3. The number of carbonyl (C=O) groups is 2. The topological polar surface area (TPSA) is 106 Å². The zero-order valence-electron chi connectivity index (χ0n) is 18.8. The molecule has 176 valence electrons. The van der Waals surface area contributed by atoms with Crippen molar-refractivity contribution in [2.24, 2.45) is 0 Å². The molecule has 0 unspecified atom stereocenters. The fraction of sp³-hybridized carbons (Fsp3) is 0.208. The van der Waals surface area contributed by atoms with Gasteiger partial charge in [-0.1, -0.05) is 18.2 Å². The van der Waals surface area contributed by atoms with E-state index in [-0.39, 0.29) is 17.5 Å². The Morgan fingerprint density at radius 3 is 2.32 bits per heavy atom. The summed E-state index contributed by atoms with van der Waals surface area (Å²) < 4.78 is 34.0. The Labute approximate surface area is 197 Å². The highest BCUT2D eigenvalue weighted by Gasteiger charge is 2.36. The number of benzene rings is 2. The second-order valence-corrected chi connectivity index (χ2v) is 9.87. The molecule has 1 aliphatic rings. The molecule has 2 amide bonds. The van der Waals surface area contributed by atoms with Gasteiger partial charge in [-0.2, -0.15) is 0 Å². The van der Waals surface area contributed by atoms with Crippen LogP contribution in [0.1, 0.15) is 6.92 Å². The van der Waals surface area contributed by atoms with Crippen LogP contribution in [0, 0.1) is 0 Å². The van der Waals surface area contributed by atoms with Crippen molar-refractivity contribution in [3.63, 3.8) is 0 Å². The summed E-state index contributed by atoms with van der Waals surface area (Å²) in [4.78, 5) is 32.7. The molecule has 0 fully saturated rings. The largest absolute Gasteiger partial charge is 0.452 e. The van der Waals surface area contributed by atoms with Gasteiger partial charge in [0, 0.05) is 12.5 Å². The van der Waals surface area contributed by atoms with Crippen molar-refractivity contribution >= 4 is 33.4 Å². The van der Waals surface area contributed by atoms with Crippen molar-refractivity contribution in [3.8, 4) is 16.9 Å². The van der Waals surface area contributed by atoms with E-state index in [0.29, 0.717) is 17.1 Å². The molecule has 2 aromatic carbocycles.